The quantitative estimate of drug-likeness (QED) is 0.768. The summed E-state index contributed by atoms with van der Waals surface area (Å²) in [7, 11) is -1.99. The maximum absolute atomic E-state index is 11.6. The molecular formula is C8H15N3O3S. The van der Waals surface area contributed by atoms with Gasteiger partial charge in [-0.15, -0.1) is 0 Å². The molecule has 0 unspecified atom stereocenters. The molecule has 0 amide bonds. The minimum Gasteiger partial charge on any atom is -0.281 e. The summed E-state index contributed by atoms with van der Waals surface area (Å²) in [6.45, 7) is 5.25. The Morgan fingerprint density at radius 1 is 1.47 bits per heavy atom. The SMILES string of the molecule is Cn1cc(S(=O)(=O)NOC(C)(C)C)cn1. The van der Waals surface area contributed by atoms with Crippen LogP contribution in [-0.2, 0) is 21.9 Å². The van der Waals surface area contributed by atoms with Crippen LogP contribution in [0.5, 0.6) is 0 Å². The van der Waals surface area contributed by atoms with Crippen molar-refractivity contribution in [3.05, 3.63) is 12.4 Å². The van der Waals surface area contributed by atoms with E-state index in [0.717, 1.165) is 0 Å². The highest BCUT2D eigenvalue weighted by Gasteiger charge is 2.20. The van der Waals surface area contributed by atoms with Gasteiger partial charge in [0.05, 0.1) is 11.8 Å². The summed E-state index contributed by atoms with van der Waals surface area (Å²) in [5.74, 6) is 0. The van der Waals surface area contributed by atoms with E-state index in [1.165, 1.54) is 17.1 Å². The summed E-state index contributed by atoms with van der Waals surface area (Å²) >= 11 is 0. The highest BCUT2D eigenvalue weighted by Crippen LogP contribution is 2.09. The molecule has 6 nitrogen and oxygen atoms in total. The first kappa shape index (κ1) is 12.2. The Morgan fingerprint density at radius 3 is 2.47 bits per heavy atom. The van der Waals surface area contributed by atoms with E-state index in [1.807, 2.05) is 4.89 Å². The van der Waals surface area contributed by atoms with Crippen molar-refractivity contribution < 1.29 is 13.3 Å². The third-order valence-corrected chi connectivity index (χ3v) is 2.58. The van der Waals surface area contributed by atoms with Crippen LogP contribution in [0.2, 0.25) is 0 Å². The second-order valence-corrected chi connectivity index (χ2v) is 5.80. The predicted octanol–water partition coefficient (Wildman–Crippen LogP) is 0.428. The molecule has 0 spiro atoms. The topological polar surface area (TPSA) is 73.2 Å². The van der Waals surface area contributed by atoms with Crippen LogP contribution >= 0.6 is 0 Å². The van der Waals surface area contributed by atoms with Gasteiger partial charge in [-0.2, -0.15) is 5.10 Å². The molecule has 0 radical (unpaired) electrons. The molecule has 7 heteroatoms. The van der Waals surface area contributed by atoms with Crippen molar-refractivity contribution in [1.29, 1.82) is 0 Å². The molecule has 0 saturated heterocycles. The van der Waals surface area contributed by atoms with Crippen LogP contribution < -0.4 is 4.89 Å². The van der Waals surface area contributed by atoms with E-state index in [0.29, 0.717) is 0 Å². The predicted molar refractivity (Wildman–Crippen MR) is 54.4 cm³/mol. The smallest absolute Gasteiger partial charge is 0.265 e. The van der Waals surface area contributed by atoms with E-state index >= 15 is 0 Å². The van der Waals surface area contributed by atoms with Gasteiger partial charge >= 0.3 is 0 Å². The van der Waals surface area contributed by atoms with Crippen LogP contribution in [0.3, 0.4) is 0 Å². The Hall–Kier alpha value is -0.920. The highest BCUT2D eigenvalue weighted by molar-refractivity contribution is 7.89. The van der Waals surface area contributed by atoms with Crippen molar-refractivity contribution in [2.24, 2.45) is 7.05 Å². The standard InChI is InChI=1S/C8H15N3O3S/c1-8(2,3)14-10-15(12,13)7-5-9-11(4)6-7/h5-6,10H,1-4H3. The van der Waals surface area contributed by atoms with Crippen LogP contribution in [0.25, 0.3) is 0 Å². The Kier molecular flexibility index (Phi) is 3.17. The average molecular weight is 233 g/mol. The minimum absolute atomic E-state index is 0.0780. The summed E-state index contributed by atoms with van der Waals surface area (Å²) in [6.07, 6.45) is 2.66. The van der Waals surface area contributed by atoms with Crippen LogP contribution in [0.4, 0.5) is 0 Å². The maximum atomic E-state index is 11.6. The first-order valence-corrected chi connectivity index (χ1v) is 5.87. The number of rotatable bonds is 3. The molecule has 1 aromatic rings. The molecule has 0 aliphatic carbocycles. The lowest BCUT2D eigenvalue weighted by atomic mass is 10.2. The van der Waals surface area contributed by atoms with Crippen LogP contribution in [0, 0.1) is 0 Å². The van der Waals surface area contributed by atoms with Crippen molar-refractivity contribution in [2.45, 2.75) is 31.3 Å². The summed E-state index contributed by atoms with van der Waals surface area (Å²) in [6, 6.07) is 0. The molecule has 0 bridgehead atoms. The van der Waals surface area contributed by atoms with Gasteiger partial charge in [0.2, 0.25) is 0 Å². The molecule has 0 aliphatic heterocycles. The monoisotopic (exact) mass is 233 g/mol. The molecule has 0 saturated carbocycles. The van der Waals surface area contributed by atoms with Gasteiger partial charge in [-0.25, -0.2) is 8.42 Å². The lowest BCUT2D eigenvalue weighted by Gasteiger charge is -2.18. The summed E-state index contributed by atoms with van der Waals surface area (Å²) < 4.78 is 24.6. The third-order valence-electron chi connectivity index (χ3n) is 1.45. The van der Waals surface area contributed by atoms with E-state index in [4.69, 9.17) is 4.84 Å². The van der Waals surface area contributed by atoms with E-state index in [9.17, 15) is 8.42 Å². The first-order valence-electron chi connectivity index (χ1n) is 4.39. The summed E-state index contributed by atoms with van der Waals surface area (Å²) in [4.78, 5) is 7.11. The van der Waals surface area contributed by atoms with E-state index in [1.54, 1.807) is 27.8 Å². The summed E-state index contributed by atoms with van der Waals surface area (Å²) in [5.41, 5.74) is -0.574. The molecule has 15 heavy (non-hydrogen) atoms. The molecule has 86 valence electrons. The van der Waals surface area contributed by atoms with Gasteiger partial charge in [0.1, 0.15) is 4.90 Å². The number of hydrogen-bond donors (Lipinski definition) is 1. The Balaban J connectivity index is 2.77. The molecule has 0 fully saturated rings. The molecule has 1 aromatic heterocycles. The number of nitrogens with zero attached hydrogens (tertiary/aromatic N) is 2. The fourth-order valence-electron chi connectivity index (χ4n) is 0.766. The number of aromatic nitrogens is 2. The maximum Gasteiger partial charge on any atom is 0.265 e. The second-order valence-electron chi connectivity index (χ2n) is 4.15. The van der Waals surface area contributed by atoms with Gasteiger partial charge in [0.15, 0.2) is 0 Å². The molecule has 1 heterocycles. The van der Waals surface area contributed by atoms with Crippen molar-refractivity contribution in [2.75, 3.05) is 0 Å². The molecule has 0 aromatic carbocycles. The molecular weight excluding hydrogens is 218 g/mol. The van der Waals surface area contributed by atoms with Gasteiger partial charge in [0, 0.05) is 13.2 Å². The zero-order valence-electron chi connectivity index (χ0n) is 9.18. The van der Waals surface area contributed by atoms with Gasteiger partial charge in [-0.05, 0) is 20.8 Å². The Bertz CT molecular complexity index is 430. The van der Waals surface area contributed by atoms with Crippen molar-refractivity contribution in [3.63, 3.8) is 0 Å². The van der Waals surface area contributed by atoms with Crippen molar-refractivity contribution in [1.82, 2.24) is 14.7 Å². The minimum atomic E-state index is -3.63. The zero-order valence-corrected chi connectivity index (χ0v) is 10.00. The number of nitrogens with one attached hydrogen (secondary N) is 1. The summed E-state index contributed by atoms with van der Waals surface area (Å²) in [5, 5.41) is 3.77. The Labute approximate surface area is 89.2 Å². The fraction of sp³-hybridized carbons (Fsp3) is 0.625. The van der Waals surface area contributed by atoms with Crippen LogP contribution in [0.15, 0.2) is 17.3 Å². The van der Waals surface area contributed by atoms with Crippen LogP contribution in [-0.4, -0.2) is 23.8 Å². The van der Waals surface area contributed by atoms with E-state index < -0.39 is 15.6 Å². The molecule has 1 N–H and O–H groups in total. The highest BCUT2D eigenvalue weighted by atomic mass is 32.2. The van der Waals surface area contributed by atoms with Crippen LogP contribution in [0.1, 0.15) is 20.8 Å². The van der Waals surface area contributed by atoms with E-state index in [-0.39, 0.29) is 4.90 Å². The van der Waals surface area contributed by atoms with E-state index in [2.05, 4.69) is 5.10 Å². The number of aryl methyl sites for hydroxylation is 1. The fourth-order valence-corrected chi connectivity index (χ4v) is 1.70. The third kappa shape index (κ3) is 3.61. The van der Waals surface area contributed by atoms with Gasteiger partial charge in [-0.1, -0.05) is 4.89 Å². The lowest BCUT2D eigenvalue weighted by molar-refractivity contribution is -0.0357. The normalized spacial score (nSPS) is 13.1. The largest absolute Gasteiger partial charge is 0.281 e. The molecule has 0 atom stereocenters. The number of hydrogen-bond acceptors (Lipinski definition) is 4. The molecule has 0 aliphatic rings. The van der Waals surface area contributed by atoms with Gasteiger partial charge < -0.3 is 0 Å². The second kappa shape index (κ2) is 3.92. The molecule has 1 rings (SSSR count). The van der Waals surface area contributed by atoms with Crippen molar-refractivity contribution in [3.8, 4) is 0 Å². The first-order chi connectivity index (χ1) is 6.71. The zero-order chi connectivity index (χ0) is 11.7. The number of sulfonamides is 1. The van der Waals surface area contributed by atoms with Gasteiger partial charge in [0.25, 0.3) is 10.0 Å². The van der Waals surface area contributed by atoms with Gasteiger partial charge in [-0.3, -0.25) is 9.52 Å². The Morgan fingerprint density at radius 2 is 2.07 bits per heavy atom. The average Bonchev–Trinajstić information content (AvgIpc) is 2.48. The van der Waals surface area contributed by atoms with Crippen molar-refractivity contribution >= 4 is 10.0 Å². The lowest BCUT2D eigenvalue weighted by Crippen LogP contribution is -2.33.